The molecule has 5 heteroatoms. The van der Waals surface area contributed by atoms with Crippen LogP contribution in [0.15, 0.2) is 42.6 Å². The van der Waals surface area contributed by atoms with Crippen molar-refractivity contribution in [3.05, 3.63) is 59.4 Å². The normalized spacial score (nSPS) is 14.4. The van der Waals surface area contributed by atoms with Crippen molar-refractivity contribution in [1.29, 1.82) is 0 Å². The van der Waals surface area contributed by atoms with Crippen molar-refractivity contribution in [3.8, 4) is 5.75 Å². The summed E-state index contributed by atoms with van der Waals surface area (Å²) in [6.07, 6.45) is 6.60. The van der Waals surface area contributed by atoms with Gasteiger partial charge in [-0.1, -0.05) is 18.2 Å². The largest absolute Gasteiger partial charge is 0.493 e. The second-order valence-electron chi connectivity index (χ2n) is 7.01. The maximum atomic E-state index is 10.7. The molecular weight excluding hydrogens is 340 g/mol. The maximum Gasteiger partial charge on any atom is 0.303 e. The van der Waals surface area contributed by atoms with Crippen molar-refractivity contribution in [2.75, 3.05) is 26.2 Å². The van der Waals surface area contributed by atoms with Crippen LogP contribution in [0.5, 0.6) is 5.75 Å². The third kappa shape index (κ3) is 6.07. The van der Waals surface area contributed by atoms with Gasteiger partial charge in [-0.3, -0.25) is 9.78 Å². The lowest BCUT2D eigenvalue weighted by molar-refractivity contribution is -0.137. The third-order valence-corrected chi connectivity index (χ3v) is 5.03. The Labute approximate surface area is 161 Å². The van der Waals surface area contributed by atoms with E-state index in [9.17, 15) is 4.79 Å². The Morgan fingerprint density at radius 3 is 2.81 bits per heavy atom. The van der Waals surface area contributed by atoms with Gasteiger partial charge in [0.25, 0.3) is 0 Å². The van der Waals surface area contributed by atoms with E-state index >= 15 is 0 Å². The minimum atomic E-state index is -0.713. The molecule has 0 radical (unpaired) electrons. The van der Waals surface area contributed by atoms with E-state index in [0.717, 1.165) is 56.8 Å². The van der Waals surface area contributed by atoms with E-state index in [0.29, 0.717) is 13.0 Å². The van der Waals surface area contributed by atoms with Crippen LogP contribution in [0.1, 0.15) is 36.1 Å². The van der Waals surface area contributed by atoms with E-state index in [2.05, 4.69) is 28.1 Å². The highest BCUT2D eigenvalue weighted by atomic mass is 16.5. The molecule has 144 valence electrons. The molecule has 1 aromatic heterocycles. The smallest absolute Gasteiger partial charge is 0.303 e. The van der Waals surface area contributed by atoms with Crippen LogP contribution < -0.4 is 4.74 Å². The zero-order valence-corrected chi connectivity index (χ0v) is 15.8. The summed E-state index contributed by atoms with van der Waals surface area (Å²) in [4.78, 5) is 17.4. The van der Waals surface area contributed by atoms with Gasteiger partial charge in [0.1, 0.15) is 5.75 Å². The van der Waals surface area contributed by atoms with E-state index in [4.69, 9.17) is 9.84 Å². The van der Waals surface area contributed by atoms with Crippen molar-refractivity contribution in [2.45, 2.75) is 38.5 Å². The van der Waals surface area contributed by atoms with Crippen LogP contribution in [-0.4, -0.2) is 47.2 Å². The quantitative estimate of drug-likeness (QED) is 0.688. The lowest BCUT2D eigenvalue weighted by atomic mass is 10.0. The molecule has 0 unspecified atom stereocenters. The molecule has 0 saturated carbocycles. The van der Waals surface area contributed by atoms with Crippen LogP contribution in [0.2, 0.25) is 0 Å². The minimum absolute atomic E-state index is 0.244. The summed E-state index contributed by atoms with van der Waals surface area (Å²) < 4.78 is 6.11. The number of pyridine rings is 1. The molecule has 0 fully saturated rings. The van der Waals surface area contributed by atoms with Crippen molar-refractivity contribution in [2.24, 2.45) is 0 Å². The Balaban J connectivity index is 1.50. The zero-order chi connectivity index (χ0) is 18.9. The highest BCUT2D eigenvalue weighted by Crippen LogP contribution is 2.26. The fourth-order valence-electron chi connectivity index (χ4n) is 3.58. The first kappa shape index (κ1) is 19.4. The van der Waals surface area contributed by atoms with Crippen molar-refractivity contribution in [1.82, 2.24) is 9.88 Å². The van der Waals surface area contributed by atoms with E-state index in [1.165, 1.54) is 11.1 Å². The number of hydrogen-bond acceptors (Lipinski definition) is 4. The molecule has 2 heterocycles. The highest BCUT2D eigenvalue weighted by Gasteiger charge is 2.17. The Hall–Kier alpha value is -2.40. The molecule has 1 N–H and O–H groups in total. The molecule has 0 atom stereocenters. The molecule has 3 rings (SSSR count). The predicted octanol–water partition coefficient (Wildman–Crippen LogP) is 3.36. The second kappa shape index (κ2) is 10.1. The van der Waals surface area contributed by atoms with Crippen molar-refractivity contribution < 1.29 is 14.6 Å². The van der Waals surface area contributed by atoms with Gasteiger partial charge in [0.05, 0.1) is 6.61 Å². The van der Waals surface area contributed by atoms with E-state index < -0.39 is 5.97 Å². The number of fused-ring (bicyclic) bond motifs is 1. The van der Waals surface area contributed by atoms with Crippen LogP contribution in [-0.2, 0) is 24.1 Å². The van der Waals surface area contributed by atoms with E-state index in [-0.39, 0.29) is 6.42 Å². The second-order valence-corrected chi connectivity index (χ2v) is 7.01. The molecule has 27 heavy (non-hydrogen) atoms. The molecule has 0 spiro atoms. The molecule has 1 aliphatic heterocycles. The van der Waals surface area contributed by atoms with Crippen LogP contribution in [0, 0.1) is 0 Å². The third-order valence-electron chi connectivity index (χ3n) is 5.03. The number of aryl methyl sites for hydroxylation is 1. The molecule has 0 bridgehead atoms. The van der Waals surface area contributed by atoms with Gasteiger partial charge >= 0.3 is 5.97 Å². The van der Waals surface area contributed by atoms with Crippen LogP contribution in [0.25, 0.3) is 0 Å². The molecule has 0 amide bonds. The first-order valence-corrected chi connectivity index (χ1v) is 9.80. The van der Waals surface area contributed by atoms with E-state index in [1.807, 2.05) is 24.4 Å². The molecular formula is C22H28N2O3. The highest BCUT2D eigenvalue weighted by molar-refractivity contribution is 5.66. The lowest BCUT2D eigenvalue weighted by Gasteiger charge is -2.19. The summed E-state index contributed by atoms with van der Waals surface area (Å²) in [6, 6.07) is 12.3. The van der Waals surface area contributed by atoms with Gasteiger partial charge in [0.2, 0.25) is 0 Å². The number of aliphatic carboxylic acids is 1. The average Bonchev–Trinajstić information content (AvgIpc) is 2.89. The van der Waals surface area contributed by atoms with Gasteiger partial charge in [0, 0.05) is 31.4 Å². The van der Waals surface area contributed by atoms with Crippen molar-refractivity contribution >= 4 is 5.97 Å². The fraction of sp³-hybridized carbons (Fsp3) is 0.455. The average molecular weight is 368 g/mol. The van der Waals surface area contributed by atoms with Crippen molar-refractivity contribution in [3.63, 3.8) is 0 Å². The number of nitrogens with zero attached hydrogens (tertiary/aromatic N) is 2. The Morgan fingerprint density at radius 1 is 1.11 bits per heavy atom. The topological polar surface area (TPSA) is 62.7 Å². The summed E-state index contributed by atoms with van der Waals surface area (Å²) >= 11 is 0. The molecule has 1 aliphatic rings. The summed E-state index contributed by atoms with van der Waals surface area (Å²) in [6.45, 7) is 3.48. The van der Waals surface area contributed by atoms with Gasteiger partial charge in [-0.25, -0.2) is 0 Å². The predicted molar refractivity (Wildman–Crippen MR) is 105 cm³/mol. The number of ether oxygens (including phenoxy) is 1. The monoisotopic (exact) mass is 368 g/mol. The van der Waals surface area contributed by atoms with Gasteiger partial charge in [-0.05, 0) is 68.0 Å². The van der Waals surface area contributed by atoms with Crippen LogP contribution in [0.4, 0.5) is 0 Å². The molecule has 0 saturated heterocycles. The lowest BCUT2D eigenvalue weighted by Crippen LogP contribution is -2.27. The number of carbonyl (C=O) groups is 1. The van der Waals surface area contributed by atoms with E-state index in [1.54, 1.807) is 0 Å². The van der Waals surface area contributed by atoms with Gasteiger partial charge < -0.3 is 14.7 Å². The SMILES string of the molecule is O=C(O)CCCN1CCc2cccc(OCCCc3ccccn3)c2CC1. The number of benzene rings is 1. The van der Waals surface area contributed by atoms with Gasteiger partial charge in [-0.15, -0.1) is 0 Å². The Morgan fingerprint density at radius 2 is 2.00 bits per heavy atom. The number of carboxylic acid groups (broad SMARTS) is 1. The maximum absolute atomic E-state index is 10.7. The molecule has 5 nitrogen and oxygen atoms in total. The molecule has 1 aromatic carbocycles. The van der Waals surface area contributed by atoms with Gasteiger partial charge in [-0.2, -0.15) is 0 Å². The Kier molecular flexibility index (Phi) is 7.22. The summed E-state index contributed by atoms with van der Waals surface area (Å²) in [5, 5.41) is 8.81. The number of carboxylic acids is 1. The summed E-state index contributed by atoms with van der Waals surface area (Å²) in [5.74, 6) is 0.287. The number of aromatic nitrogens is 1. The molecule has 0 aliphatic carbocycles. The first-order chi connectivity index (χ1) is 13.2. The fourth-order valence-corrected chi connectivity index (χ4v) is 3.58. The number of hydrogen-bond donors (Lipinski definition) is 1. The molecule has 2 aromatic rings. The summed E-state index contributed by atoms with van der Waals surface area (Å²) in [5.41, 5.74) is 3.78. The number of rotatable bonds is 9. The minimum Gasteiger partial charge on any atom is -0.493 e. The van der Waals surface area contributed by atoms with Crippen LogP contribution >= 0.6 is 0 Å². The Bertz CT molecular complexity index is 734. The standard InChI is InChI=1S/C22H28N2O3/c25-22(26)10-4-14-24-15-11-18-6-3-9-21(20(18)12-16-24)27-17-5-8-19-7-1-2-13-23-19/h1-3,6-7,9,13H,4-5,8,10-12,14-17H2,(H,25,26). The summed E-state index contributed by atoms with van der Waals surface area (Å²) in [7, 11) is 0. The first-order valence-electron chi connectivity index (χ1n) is 9.80. The van der Waals surface area contributed by atoms with Gasteiger partial charge in [0.15, 0.2) is 0 Å². The zero-order valence-electron chi connectivity index (χ0n) is 15.8. The van der Waals surface area contributed by atoms with Crippen LogP contribution in [0.3, 0.4) is 0 Å².